The van der Waals surface area contributed by atoms with E-state index in [0.29, 0.717) is 0 Å². The molecule has 3 aromatic heterocycles. The van der Waals surface area contributed by atoms with E-state index in [0.717, 1.165) is 22.4 Å². The van der Waals surface area contributed by atoms with E-state index in [-0.39, 0.29) is 0 Å². The van der Waals surface area contributed by atoms with E-state index in [9.17, 15) is 0 Å². The van der Waals surface area contributed by atoms with Gasteiger partial charge in [0.05, 0.1) is 33.1 Å². The molecule has 3 heterocycles. The monoisotopic (exact) mass is 907 g/mol. The van der Waals surface area contributed by atoms with Gasteiger partial charge in [0.1, 0.15) is 0 Å². The van der Waals surface area contributed by atoms with Crippen LogP contribution in [0, 0.1) is 0 Å². The first-order valence-electron chi connectivity index (χ1n) is 24.2. The lowest BCUT2D eigenvalue weighted by atomic mass is 10.1. The molecule has 0 fully saturated rings. The molecular formula is C66H45N3Si. The van der Waals surface area contributed by atoms with Gasteiger partial charge in [0.25, 0.3) is 0 Å². The summed E-state index contributed by atoms with van der Waals surface area (Å²) < 4.78 is 7.54. The van der Waals surface area contributed by atoms with Gasteiger partial charge in [-0.25, -0.2) is 0 Å². The smallest absolute Gasteiger partial charge is 0.181 e. The van der Waals surface area contributed by atoms with Crippen LogP contribution in [0.15, 0.2) is 273 Å². The van der Waals surface area contributed by atoms with E-state index in [1.807, 2.05) is 0 Å². The lowest BCUT2D eigenvalue weighted by Crippen LogP contribution is -2.75. The number of para-hydroxylation sites is 4. The van der Waals surface area contributed by atoms with Crippen molar-refractivity contribution in [3.8, 4) is 28.2 Å². The molecule has 3 nitrogen and oxygen atoms in total. The summed E-state index contributed by atoms with van der Waals surface area (Å²) in [6, 6.07) is 102. The molecule has 0 bridgehead atoms. The summed E-state index contributed by atoms with van der Waals surface area (Å²) in [5, 5.41) is 12.8. The van der Waals surface area contributed by atoms with Gasteiger partial charge in [0.15, 0.2) is 8.07 Å². The fourth-order valence-corrected chi connectivity index (χ4v) is 16.8. The quantitative estimate of drug-likeness (QED) is 0.107. The molecule has 70 heavy (non-hydrogen) atoms. The maximum absolute atomic E-state index is 3.11. The van der Waals surface area contributed by atoms with Gasteiger partial charge in [-0.15, -0.1) is 0 Å². The molecule has 14 aromatic rings. The second-order valence-electron chi connectivity index (χ2n) is 18.4. The van der Waals surface area contributed by atoms with Crippen LogP contribution in [0.1, 0.15) is 0 Å². The predicted molar refractivity (Wildman–Crippen MR) is 299 cm³/mol. The molecule has 0 saturated heterocycles. The summed E-state index contributed by atoms with van der Waals surface area (Å²) in [5.74, 6) is 0. The van der Waals surface area contributed by atoms with Gasteiger partial charge >= 0.3 is 0 Å². The maximum atomic E-state index is 2.59. The number of fused-ring (bicyclic) bond motifs is 9. The molecule has 14 rings (SSSR count). The van der Waals surface area contributed by atoms with Crippen molar-refractivity contribution in [1.82, 2.24) is 13.7 Å². The van der Waals surface area contributed by atoms with Crippen molar-refractivity contribution < 1.29 is 0 Å². The number of nitrogens with zero attached hydrogens (tertiary/aromatic N) is 3. The highest BCUT2D eigenvalue weighted by atomic mass is 28.3. The maximum Gasteiger partial charge on any atom is 0.181 e. The Morgan fingerprint density at radius 1 is 0.229 bits per heavy atom. The largest absolute Gasteiger partial charge is 0.309 e. The molecule has 0 aliphatic heterocycles. The van der Waals surface area contributed by atoms with Gasteiger partial charge in [-0.1, -0.05) is 212 Å². The Labute approximate surface area is 407 Å². The lowest BCUT2D eigenvalue weighted by molar-refractivity contribution is 1.15. The topological polar surface area (TPSA) is 14.8 Å². The zero-order chi connectivity index (χ0) is 46.2. The molecule has 328 valence electrons. The number of hydrogen-bond acceptors (Lipinski definition) is 0. The van der Waals surface area contributed by atoms with Crippen LogP contribution in [0.5, 0.6) is 0 Å². The third-order valence-electron chi connectivity index (χ3n) is 14.8. The molecular weight excluding hydrogens is 863 g/mol. The summed E-state index contributed by atoms with van der Waals surface area (Å²) >= 11 is 0. The van der Waals surface area contributed by atoms with Crippen molar-refractivity contribution in [3.05, 3.63) is 273 Å². The van der Waals surface area contributed by atoms with Crippen LogP contribution in [-0.4, -0.2) is 21.8 Å². The second-order valence-corrected chi connectivity index (χ2v) is 22.2. The SMILES string of the molecule is c1ccc(-c2cccc(-n3c4ccccc4c4ccc(-n5c6ccccc6c6cc([Si](c7ccccc7)(c7ccccc7)c7ccccc7)c(-n7c8ccccc8c8ccccc87)cc65)cc43)c2)cc1. The molecule has 0 saturated carbocycles. The molecule has 0 aliphatic rings. The summed E-state index contributed by atoms with van der Waals surface area (Å²) in [5.41, 5.74) is 12.9. The predicted octanol–water partition coefficient (Wildman–Crippen LogP) is 14.0. The first-order valence-corrected chi connectivity index (χ1v) is 26.2. The molecule has 0 N–H and O–H groups in total. The fraction of sp³-hybridized carbons (Fsp3) is 0. The standard InChI is InChI=1S/C66H45N3Si/c1-5-22-46(23-6-1)47-24-21-25-48(42-47)67-59-36-17-13-34-55(59)57-41-40-49(43-63(57)67)68-60-37-18-16-35-56(60)58-44-66(65(45-64(58)68)69-61-38-19-14-32-53(61)54-33-15-20-39-62(54)69)70(50-26-7-2-8-27-50,51-28-9-3-10-29-51)52-30-11-4-12-31-52/h1-45H. The Bertz CT molecular complexity index is 4130. The van der Waals surface area contributed by atoms with Gasteiger partial charge < -0.3 is 13.7 Å². The molecule has 11 aromatic carbocycles. The van der Waals surface area contributed by atoms with E-state index < -0.39 is 8.07 Å². The van der Waals surface area contributed by atoms with Gasteiger partial charge in [-0.3, -0.25) is 0 Å². The van der Waals surface area contributed by atoms with Gasteiger partial charge in [0.2, 0.25) is 0 Å². The fourth-order valence-electron chi connectivity index (χ4n) is 11.8. The molecule has 0 radical (unpaired) electrons. The van der Waals surface area contributed by atoms with E-state index in [2.05, 4.69) is 287 Å². The van der Waals surface area contributed by atoms with Crippen LogP contribution in [0.25, 0.3) is 93.6 Å². The van der Waals surface area contributed by atoms with Crippen LogP contribution in [0.2, 0.25) is 0 Å². The zero-order valence-electron chi connectivity index (χ0n) is 38.3. The number of aromatic nitrogens is 3. The van der Waals surface area contributed by atoms with Gasteiger partial charge in [-0.2, -0.15) is 0 Å². The van der Waals surface area contributed by atoms with Crippen LogP contribution >= 0.6 is 0 Å². The minimum atomic E-state index is -3.11. The molecule has 0 aliphatic carbocycles. The van der Waals surface area contributed by atoms with E-state index in [1.54, 1.807) is 0 Å². The van der Waals surface area contributed by atoms with E-state index in [1.165, 1.54) is 91.9 Å². The second kappa shape index (κ2) is 16.1. The van der Waals surface area contributed by atoms with Crippen molar-refractivity contribution in [2.45, 2.75) is 0 Å². The van der Waals surface area contributed by atoms with E-state index >= 15 is 0 Å². The summed E-state index contributed by atoms with van der Waals surface area (Å²) in [6.45, 7) is 0. The van der Waals surface area contributed by atoms with E-state index in [4.69, 9.17) is 0 Å². The highest BCUT2D eigenvalue weighted by Gasteiger charge is 2.44. The average molecular weight is 908 g/mol. The van der Waals surface area contributed by atoms with Crippen molar-refractivity contribution in [2.75, 3.05) is 0 Å². The molecule has 0 spiro atoms. The Hall–Kier alpha value is -8.96. The first kappa shape index (κ1) is 40.1. The molecule has 0 amide bonds. The van der Waals surface area contributed by atoms with Crippen LogP contribution in [0.4, 0.5) is 0 Å². The van der Waals surface area contributed by atoms with Crippen molar-refractivity contribution in [1.29, 1.82) is 0 Å². The molecule has 4 heteroatoms. The summed E-state index contributed by atoms with van der Waals surface area (Å²) in [6.07, 6.45) is 0. The lowest BCUT2D eigenvalue weighted by Gasteiger charge is -2.36. The number of benzene rings is 11. The highest BCUT2D eigenvalue weighted by molar-refractivity contribution is 7.20. The number of hydrogen-bond donors (Lipinski definition) is 0. The minimum Gasteiger partial charge on any atom is -0.309 e. The molecule has 0 unspecified atom stereocenters. The Kier molecular flexibility index (Phi) is 9.23. The minimum absolute atomic E-state index is 1.11. The van der Waals surface area contributed by atoms with Crippen molar-refractivity contribution in [3.63, 3.8) is 0 Å². The highest BCUT2D eigenvalue weighted by Crippen LogP contribution is 2.40. The Morgan fingerprint density at radius 2 is 0.614 bits per heavy atom. The Morgan fingerprint density at radius 3 is 1.13 bits per heavy atom. The van der Waals surface area contributed by atoms with Crippen LogP contribution in [-0.2, 0) is 0 Å². The molecule has 0 atom stereocenters. The van der Waals surface area contributed by atoms with Crippen molar-refractivity contribution >= 4 is 94.2 Å². The van der Waals surface area contributed by atoms with Gasteiger partial charge in [0, 0.05) is 49.4 Å². The Balaban J connectivity index is 1.13. The third kappa shape index (κ3) is 6.00. The zero-order valence-corrected chi connectivity index (χ0v) is 39.3. The number of rotatable bonds is 8. The van der Waals surface area contributed by atoms with Crippen LogP contribution in [0.3, 0.4) is 0 Å². The van der Waals surface area contributed by atoms with Crippen molar-refractivity contribution in [2.24, 2.45) is 0 Å². The average Bonchev–Trinajstić information content (AvgIpc) is 4.07. The normalized spacial score (nSPS) is 12.0. The summed E-state index contributed by atoms with van der Waals surface area (Å²) in [7, 11) is -3.11. The van der Waals surface area contributed by atoms with Gasteiger partial charge in [-0.05, 0) is 92.5 Å². The summed E-state index contributed by atoms with van der Waals surface area (Å²) in [4.78, 5) is 0. The van der Waals surface area contributed by atoms with Crippen LogP contribution < -0.4 is 20.7 Å². The third-order valence-corrected chi connectivity index (χ3v) is 19.6. The first-order chi connectivity index (χ1) is 34.8.